The molecule has 1 aromatic heterocycles. The number of piperidine rings is 1. The van der Waals surface area contributed by atoms with E-state index in [4.69, 9.17) is 5.73 Å². The second-order valence-electron chi connectivity index (χ2n) is 7.44. The number of imide groups is 1. The normalized spacial score (nSPS) is 18.8. The van der Waals surface area contributed by atoms with Gasteiger partial charge in [-0.3, -0.25) is 24.4 Å². The van der Waals surface area contributed by atoms with Crippen molar-refractivity contribution in [2.75, 3.05) is 5.32 Å². The van der Waals surface area contributed by atoms with Crippen molar-refractivity contribution in [3.05, 3.63) is 46.1 Å². The van der Waals surface area contributed by atoms with Crippen LogP contribution < -0.4 is 16.4 Å². The van der Waals surface area contributed by atoms with Gasteiger partial charge in [-0.1, -0.05) is 12.1 Å². The van der Waals surface area contributed by atoms with Crippen LogP contribution in [0.2, 0.25) is 0 Å². The standard InChI is InChI=1S/C20H24N6O3/c1-11-14(8-21)18(24-25(11)2)22-9-12-4-3-5-13-15(12)10-26(20(13)29)16-6-7-17(27)23-19(16)28/h3-5,16H,6-10,21H2,1-2H3,(H,22,24)(H,23,27,28). The van der Waals surface area contributed by atoms with Gasteiger partial charge in [-0.2, -0.15) is 5.10 Å². The van der Waals surface area contributed by atoms with Crippen LogP contribution in [0.15, 0.2) is 18.2 Å². The number of nitrogens with two attached hydrogens (primary N) is 1. The van der Waals surface area contributed by atoms with E-state index in [1.165, 1.54) is 0 Å². The summed E-state index contributed by atoms with van der Waals surface area (Å²) in [6.07, 6.45) is 0.594. The Morgan fingerprint density at radius 1 is 1.31 bits per heavy atom. The predicted molar refractivity (Wildman–Crippen MR) is 106 cm³/mol. The molecule has 9 heteroatoms. The van der Waals surface area contributed by atoms with Crippen molar-refractivity contribution in [3.8, 4) is 0 Å². The Labute approximate surface area is 168 Å². The van der Waals surface area contributed by atoms with Gasteiger partial charge in [-0.05, 0) is 30.5 Å². The smallest absolute Gasteiger partial charge is 0.255 e. The molecule has 1 unspecified atom stereocenters. The Balaban J connectivity index is 1.55. The van der Waals surface area contributed by atoms with E-state index in [1.807, 2.05) is 26.1 Å². The molecule has 1 fully saturated rings. The second-order valence-corrected chi connectivity index (χ2v) is 7.44. The third-order valence-corrected chi connectivity index (χ3v) is 5.79. The summed E-state index contributed by atoms with van der Waals surface area (Å²) in [5.74, 6) is -0.135. The third kappa shape index (κ3) is 3.27. The quantitative estimate of drug-likeness (QED) is 0.635. The van der Waals surface area contributed by atoms with E-state index in [0.29, 0.717) is 31.6 Å². The van der Waals surface area contributed by atoms with Crippen molar-refractivity contribution in [1.29, 1.82) is 0 Å². The number of fused-ring (bicyclic) bond motifs is 1. The molecular weight excluding hydrogens is 372 g/mol. The molecule has 0 saturated carbocycles. The summed E-state index contributed by atoms with van der Waals surface area (Å²) in [6, 6.07) is 4.97. The van der Waals surface area contributed by atoms with E-state index in [0.717, 1.165) is 28.2 Å². The number of anilines is 1. The fourth-order valence-electron chi connectivity index (χ4n) is 4.03. The monoisotopic (exact) mass is 396 g/mol. The molecule has 2 aliphatic rings. The van der Waals surface area contributed by atoms with Crippen LogP contribution in [0.3, 0.4) is 0 Å². The molecule has 0 aliphatic carbocycles. The number of aryl methyl sites for hydroxylation is 1. The van der Waals surface area contributed by atoms with Crippen LogP contribution in [-0.4, -0.2) is 38.4 Å². The zero-order valence-electron chi connectivity index (χ0n) is 16.5. The molecule has 0 radical (unpaired) electrons. The lowest BCUT2D eigenvalue weighted by Gasteiger charge is -2.29. The zero-order chi connectivity index (χ0) is 20.7. The molecule has 4 rings (SSSR count). The highest BCUT2D eigenvalue weighted by atomic mass is 16.2. The maximum Gasteiger partial charge on any atom is 0.255 e. The Morgan fingerprint density at radius 3 is 2.83 bits per heavy atom. The SMILES string of the molecule is Cc1c(CN)c(NCc2cccc3c2CN(C2CCC(=O)NC2=O)C3=O)nn1C. The van der Waals surface area contributed by atoms with Crippen LogP contribution in [0.25, 0.3) is 0 Å². The number of carbonyl (C=O) groups is 3. The van der Waals surface area contributed by atoms with Crippen molar-refractivity contribution >= 4 is 23.5 Å². The molecule has 2 aromatic rings. The first-order valence-corrected chi connectivity index (χ1v) is 9.62. The largest absolute Gasteiger partial charge is 0.364 e. The first-order chi connectivity index (χ1) is 13.9. The Hall–Kier alpha value is -3.20. The van der Waals surface area contributed by atoms with Gasteiger partial charge in [-0.25, -0.2) is 0 Å². The van der Waals surface area contributed by atoms with Gasteiger partial charge in [0, 0.05) is 49.9 Å². The van der Waals surface area contributed by atoms with E-state index < -0.39 is 11.9 Å². The Morgan fingerprint density at radius 2 is 2.10 bits per heavy atom. The van der Waals surface area contributed by atoms with Crippen LogP contribution in [-0.2, 0) is 36.3 Å². The van der Waals surface area contributed by atoms with Crippen molar-refractivity contribution in [3.63, 3.8) is 0 Å². The molecule has 2 aliphatic heterocycles. The van der Waals surface area contributed by atoms with E-state index in [9.17, 15) is 14.4 Å². The third-order valence-electron chi connectivity index (χ3n) is 5.79. The molecule has 29 heavy (non-hydrogen) atoms. The fourth-order valence-corrected chi connectivity index (χ4v) is 4.03. The van der Waals surface area contributed by atoms with Crippen LogP contribution in [0.5, 0.6) is 0 Å². The van der Waals surface area contributed by atoms with Crippen molar-refractivity contribution in [2.45, 2.75) is 45.4 Å². The molecule has 4 N–H and O–H groups in total. The molecule has 3 heterocycles. The highest BCUT2D eigenvalue weighted by Crippen LogP contribution is 2.30. The van der Waals surface area contributed by atoms with E-state index in [2.05, 4.69) is 15.7 Å². The van der Waals surface area contributed by atoms with Crippen LogP contribution in [0.1, 0.15) is 45.6 Å². The summed E-state index contributed by atoms with van der Waals surface area (Å²) in [4.78, 5) is 38.1. The summed E-state index contributed by atoms with van der Waals surface area (Å²) in [7, 11) is 1.87. The van der Waals surface area contributed by atoms with Crippen molar-refractivity contribution in [2.24, 2.45) is 12.8 Å². The van der Waals surface area contributed by atoms with Gasteiger partial charge in [0.25, 0.3) is 5.91 Å². The average Bonchev–Trinajstić information content (AvgIpc) is 3.17. The summed E-state index contributed by atoms with van der Waals surface area (Å²) in [6.45, 7) is 3.19. The lowest BCUT2D eigenvalue weighted by molar-refractivity contribution is -0.136. The number of rotatable bonds is 5. The molecule has 1 atom stereocenters. The van der Waals surface area contributed by atoms with Gasteiger partial charge in [0.1, 0.15) is 6.04 Å². The first-order valence-electron chi connectivity index (χ1n) is 9.62. The highest BCUT2D eigenvalue weighted by molar-refractivity contribution is 6.05. The fraction of sp³-hybridized carbons (Fsp3) is 0.400. The lowest BCUT2D eigenvalue weighted by Crippen LogP contribution is -2.52. The minimum Gasteiger partial charge on any atom is -0.364 e. The number of hydrogen-bond acceptors (Lipinski definition) is 6. The molecule has 1 aromatic carbocycles. The number of hydrogen-bond donors (Lipinski definition) is 3. The zero-order valence-corrected chi connectivity index (χ0v) is 16.5. The number of benzene rings is 1. The summed E-state index contributed by atoms with van der Waals surface area (Å²) in [5.41, 5.74) is 10.3. The number of aromatic nitrogens is 2. The van der Waals surface area contributed by atoms with Gasteiger partial charge in [0.15, 0.2) is 5.82 Å². The molecular formula is C20H24N6O3. The topological polar surface area (TPSA) is 122 Å². The van der Waals surface area contributed by atoms with Gasteiger partial charge < -0.3 is 16.0 Å². The van der Waals surface area contributed by atoms with Crippen molar-refractivity contribution < 1.29 is 14.4 Å². The van der Waals surface area contributed by atoms with E-state index in [1.54, 1.807) is 15.6 Å². The molecule has 0 spiro atoms. The minimum atomic E-state index is -0.615. The van der Waals surface area contributed by atoms with Crippen molar-refractivity contribution in [1.82, 2.24) is 20.0 Å². The molecule has 3 amide bonds. The lowest BCUT2D eigenvalue weighted by atomic mass is 10.0. The van der Waals surface area contributed by atoms with Gasteiger partial charge in [-0.15, -0.1) is 0 Å². The molecule has 9 nitrogen and oxygen atoms in total. The second kappa shape index (κ2) is 7.32. The maximum atomic E-state index is 12.9. The number of nitrogens with zero attached hydrogens (tertiary/aromatic N) is 3. The number of amides is 3. The predicted octanol–water partition coefficient (Wildman–Crippen LogP) is 0.560. The number of nitrogens with one attached hydrogen (secondary N) is 2. The summed E-state index contributed by atoms with van der Waals surface area (Å²) >= 11 is 0. The maximum absolute atomic E-state index is 12.9. The van der Waals surface area contributed by atoms with E-state index >= 15 is 0 Å². The average molecular weight is 396 g/mol. The van der Waals surface area contributed by atoms with Crippen LogP contribution >= 0.6 is 0 Å². The first kappa shape index (κ1) is 19.1. The van der Waals surface area contributed by atoms with Crippen LogP contribution in [0.4, 0.5) is 5.82 Å². The minimum absolute atomic E-state index is 0.173. The Bertz CT molecular complexity index is 1010. The molecule has 152 valence electrons. The number of carbonyl (C=O) groups excluding carboxylic acids is 3. The van der Waals surface area contributed by atoms with Gasteiger partial charge in [0.2, 0.25) is 11.8 Å². The highest BCUT2D eigenvalue weighted by Gasteiger charge is 2.39. The molecule has 1 saturated heterocycles. The van der Waals surface area contributed by atoms with E-state index in [-0.39, 0.29) is 18.2 Å². The summed E-state index contributed by atoms with van der Waals surface area (Å²) in [5, 5.41) is 10.1. The Kier molecular flexibility index (Phi) is 4.83. The van der Waals surface area contributed by atoms with Crippen LogP contribution in [0, 0.1) is 6.92 Å². The van der Waals surface area contributed by atoms with Gasteiger partial charge in [0.05, 0.1) is 0 Å². The molecule has 0 bridgehead atoms. The summed E-state index contributed by atoms with van der Waals surface area (Å²) < 4.78 is 1.79. The van der Waals surface area contributed by atoms with Gasteiger partial charge >= 0.3 is 0 Å².